The highest BCUT2D eigenvalue weighted by Gasteiger charge is 2.13. The van der Waals surface area contributed by atoms with E-state index in [0.717, 1.165) is 22.4 Å². The Morgan fingerprint density at radius 2 is 1.56 bits per heavy atom. The minimum absolute atomic E-state index is 0.294. The zero-order valence-electron chi connectivity index (χ0n) is 13.5. The molecule has 0 bridgehead atoms. The molecule has 2 N–H and O–H groups in total. The third-order valence-electron chi connectivity index (χ3n) is 4.12. The molecule has 4 aromatic rings. The number of hydrogen-bond donors (Lipinski definition) is 1. The lowest BCUT2D eigenvalue weighted by atomic mass is 10.1. The molecule has 0 fully saturated rings. The van der Waals surface area contributed by atoms with E-state index in [1.54, 1.807) is 36.2 Å². The summed E-state index contributed by atoms with van der Waals surface area (Å²) in [7, 11) is 1.63. The minimum atomic E-state index is -0.294. The zero-order chi connectivity index (χ0) is 17.4. The van der Waals surface area contributed by atoms with Gasteiger partial charge in [-0.05, 0) is 35.4 Å². The van der Waals surface area contributed by atoms with Crippen molar-refractivity contribution in [3.05, 3.63) is 66.7 Å². The fourth-order valence-corrected chi connectivity index (χ4v) is 2.77. The fraction of sp³-hybridized carbons (Fsp3) is 0.0526. The van der Waals surface area contributed by atoms with Crippen LogP contribution in [0.5, 0.6) is 5.75 Å². The number of methoxy groups -OCH3 is 1. The first kappa shape index (κ1) is 15.1. The van der Waals surface area contributed by atoms with Crippen LogP contribution in [0.2, 0.25) is 0 Å². The average molecular weight is 334 g/mol. The number of benzene rings is 2. The number of rotatable bonds is 3. The second-order valence-electron chi connectivity index (χ2n) is 5.59. The van der Waals surface area contributed by atoms with Crippen LogP contribution in [-0.4, -0.2) is 21.7 Å². The molecule has 25 heavy (non-hydrogen) atoms. The third kappa shape index (κ3) is 2.57. The van der Waals surface area contributed by atoms with Crippen molar-refractivity contribution in [2.24, 2.45) is 0 Å². The number of nitrogens with zero attached hydrogens (tertiary/aromatic N) is 3. The van der Waals surface area contributed by atoms with Crippen molar-refractivity contribution in [2.45, 2.75) is 0 Å². The SMILES string of the molecule is COc1ccc(-c2cnn3c(N)c(-c4ccc(F)cc4)cnc23)cc1. The maximum absolute atomic E-state index is 13.1. The van der Waals surface area contributed by atoms with Gasteiger partial charge in [-0.3, -0.25) is 0 Å². The van der Waals surface area contributed by atoms with Gasteiger partial charge in [-0.15, -0.1) is 0 Å². The van der Waals surface area contributed by atoms with E-state index in [1.807, 2.05) is 24.3 Å². The van der Waals surface area contributed by atoms with E-state index in [-0.39, 0.29) is 5.82 Å². The normalized spacial score (nSPS) is 11.0. The lowest BCUT2D eigenvalue weighted by Gasteiger charge is -2.08. The molecule has 0 amide bonds. The van der Waals surface area contributed by atoms with Crippen molar-refractivity contribution in [3.63, 3.8) is 0 Å². The highest BCUT2D eigenvalue weighted by Crippen LogP contribution is 2.30. The number of halogens is 1. The molecule has 6 heteroatoms. The Kier molecular flexibility index (Phi) is 3.57. The summed E-state index contributed by atoms with van der Waals surface area (Å²) in [4.78, 5) is 4.52. The second kappa shape index (κ2) is 5.90. The van der Waals surface area contributed by atoms with Crippen LogP contribution in [-0.2, 0) is 0 Å². The van der Waals surface area contributed by atoms with Gasteiger partial charge >= 0.3 is 0 Å². The van der Waals surface area contributed by atoms with E-state index in [9.17, 15) is 4.39 Å². The molecule has 0 aliphatic carbocycles. The van der Waals surface area contributed by atoms with Crippen LogP contribution in [0.3, 0.4) is 0 Å². The molecule has 2 aromatic heterocycles. The van der Waals surface area contributed by atoms with Gasteiger partial charge < -0.3 is 10.5 Å². The monoisotopic (exact) mass is 334 g/mol. The van der Waals surface area contributed by atoms with Crippen molar-refractivity contribution >= 4 is 11.5 Å². The Hall–Kier alpha value is -3.41. The number of aromatic nitrogens is 3. The molecule has 0 radical (unpaired) electrons. The molecule has 0 atom stereocenters. The molecule has 0 saturated heterocycles. The fourth-order valence-electron chi connectivity index (χ4n) is 2.77. The summed E-state index contributed by atoms with van der Waals surface area (Å²) >= 11 is 0. The maximum atomic E-state index is 13.1. The van der Waals surface area contributed by atoms with E-state index in [4.69, 9.17) is 10.5 Å². The molecule has 0 aliphatic heterocycles. The van der Waals surface area contributed by atoms with Gasteiger partial charge in [-0.1, -0.05) is 24.3 Å². The molecule has 0 saturated carbocycles. The van der Waals surface area contributed by atoms with Gasteiger partial charge in [0.1, 0.15) is 17.4 Å². The van der Waals surface area contributed by atoms with Crippen LogP contribution in [0.15, 0.2) is 60.9 Å². The minimum Gasteiger partial charge on any atom is -0.497 e. The Morgan fingerprint density at radius 1 is 0.920 bits per heavy atom. The summed E-state index contributed by atoms with van der Waals surface area (Å²) in [6.45, 7) is 0. The Morgan fingerprint density at radius 3 is 2.24 bits per heavy atom. The molecule has 0 spiro atoms. The van der Waals surface area contributed by atoms with Crippen LogP contribution >= 0.6 is 0 Å². The third-order valence-corrected chi connectivity index (χ3v) is 4.12. The maximum Gasteiger partial charge on any atom is 0.165 e. The molecular formula is C19H15FN4O. The Balaban J connectivity index is 1.82. The smallest absolute Gasteiger partial charge is 0.165 e. The predicted octanol–water partition coefficient (Wildman–Crippen LogP) is 3.79. The first-order chi connectivity index (χ1) is 12.2. The Labute approximate surface area is 143 Å². The molecule has 5 nitrogen and oxygen atoms in total. The first-order valence-corrected chi connectivity index (χ1v) is 7.70. The van der Waals surface area contributed by atoms with Gasteiger partial charge in [-0.2, -0.15) is 9.61 Å². The number of nitrogens with two attached hydrogens (primary N) is 1. The van der Waals surface area contributed by atoms with Crippen LogP contribution in [0.25, 0.3) is 27.9 Å². The molecule has 4 rings (SSSR count). The number of hydrogen-bond acceptors (Lipinski definition) is 4. The number of fused-ring (bicyclic) bond motifs is 1. The summed E-state index contributed by atoms with van der Waals surface area (Å²) < 4.78 is 19.9. The largest absolute Gasteiger partial charge is 0.497 e. The van der Waals surface area contributed by atoms with E-state index in [1.165, 1.54) is 12.1 Å². The van der Waals surface area contributed by atoms with Crippen molar-refractivity contribution < 1.29 is 9.13 Å². The van der Waals surface area contributed by atoms with E-state index in [2.05, 4.69) is 10.1 Å². The van der Waals surface area contributed by atoms with E-state index >= 15 is 0 Å². The van der Waals surface area contributed by atoms with Gasteiger partial charge in [-0.25, -0.2) is 9.37 Å². The van der Waals surface area contributed by atoms with Gasteiger partial charge in [0.25, 0.3) is 0 Å². The summed E-state index contributed by atoms with van der Waals surface area (Å²) in [5.41, 5.74) is 10.3. The summed E-state index contributed by atoms with van der Waals surface area (Å²) in [6.07, 6.45) is 3.42. The van der Waals surface area contributed by atoms with Gasteiger partial charge in [0.15, 0.2) is 5.65 Å². The molecular weight excluding hydrogens is 319 g/mol. The Bertz CT molecular complexity index is 1040. The predicted molar refractivity (Wildman–Crippen MR) is 94.8 cm³/mol. The molecule has 0 unspecified atom stereocenters. The quantitative estimate of drug-likeness (QED) is 0.619. The summed E-state index contributed by atoms with van der Waals surface area (Å²) in [6, 6.07) is 13.8. The molecule has 2 heterocycles. The van der Waals surface area contributed by atoms with Crippen LogP contribution in [0.1, 0.15) is 0 Å². The van der Waals surface area contributed by atoms with E-state index < -0.39 is 0 Å². The van der Waals surface area contributed by atoms with Crippen LogP contribution < -0.4 is 10.5 Å². The van der Waals surface area contributed by atoms with Crippen molar-refractivity contribution in [1.82, 2.24) is 14.6 Å². The van der Waals surface area contributed by atoms with Gasteiger partial charge in [0, 0.05) is 17.3 Å². The summed E-state index contributed by atoms with van der Waals surface area (Å²) in [5, 5.41) is 4.36. The lowest BCUT2D eigenvalue weighted by Crippen LogP contribution is -2.02. The van der Waals surface area contributed by atoms with Crippen molar-refractivity contribution in [2.75, 3.05) is 12.8 Å². The molecule has 0 aliphatic rings. The van der Waals surface area contributed by atoms with Crippen LogP contribution in [0, 0.1) is 5.82 Å². The zero-order valence-corrected chi connectivity index (χ0v) is 13.5. The van der Waals surface area contributed by atoms with E-state index in [0.29, 0.717) is 17.0 Å². The molecule has 124 valence electrons. The van der Waals surface area contributed by atoms with Gasteiger partial charge in [0.2, 0.25) is 0 Å². The lowest BCUT2D eigenvalue weighted by molar-refractivity contribution is 0.415. The molecule has 2 aromatic carbocycles. The standard InChI is InChI=1S/C19H15FN4O/c1-25-15-8-4-13(5-9-15)17-11-23-24-18(21)16(10-22-19(17)24)12-2-6-14(20)7-3-12/h2-11H,21H2,1H3. The van der Waals surface area contributed by atoms with Crippen molar-refractivity contribution in [3.8, 4) is 28.0 Å². The van der Waals surface area contributed by atoms with Gasteiger partial charge in [0.05, 0.1) is 13.3 Å². The highest BCUT2D eigenvalue weighted by atomic mass is 19.1. The number of anilines is 1. The highest BCUT2D eigenvalue weighted by molar-refractivity contribution is 5.82. The first-order valence-electron chi connectivity index (χ1n) is 7.70. The number of nitrogen functional groups attached to an aromatic ring is 1. The van der Waals surface area contributed by atoms with Crippen LogP contribution in [0.4, 0.5) is 10.2 Å². The average Bonchev–Trinajstić information content (AvgIpc) is 3.08. The second-order valence-corrected chi connectivity index (χ2v) is 5.59. The summed E-state index contributed by atoms with van der Waals surface area (Å²) in [5.74, 6) is 0.944. The number of ether oxygens (including phenoxy) is 1. The topological polar surface area (TPSA) is 65.4 Å². The van der Waals surface area contributed by atoms with Crippen molar-refractivity contribution in [1.29, 1.82) is 0 Å².